The number of nitrogens with one attached hydrogen (secondary N) is 2. The van der Waals surface area contributed by atoms with Crippen molar-refractivity contribution in [1.29, 1.82) is 0 Å². The van der Waals surface area contributed by atoms with Crippen molar-refractivity contribution in [3.05, 3.63) is 29.3 Å². The maximum Gasteiger partial charge on any atom is 0.251 e. The van der Waals surface area contributed by atoms with Gasteiger partial charge in [0, 0.05) is 17.7 Å². The highest BCUT2D eigenvalue weighted by molar-refractivity contribution is 7.89. The maximum absolute atomic E-state index is 11.8. The quantitative estimate of drug-likeness (QED) is 0.702. The Kier molecular flexibility index (Phi) is 4.69. The zero-order chi connectivity index (χ0) is 13.8. The summed E-state index contributed by atoms with van der Waals surface area (Å²) in [4.78, 5) is 11.8. The third kappa shape index (κ3) is 3.71. The molecule has 0 spiro atoms. The van der Waals surface area contributed by atoms with E-state index in [-0.39, 0.29) is 18.0 Å². The first-order chi connectivity index (χ1) is 8.37. The molecule has 0 unspecified atom stereocenters. The van der Waals surface area contributed by atoms with Crippen molar-refractivity contribution in [2.45, 2.75) is 6.92 Å². The minimum absolute atomic E-state index is 0.0110. The summed E-state index contributed by atoms with van der Waals surface area (Å²) in [6, 6.07) is 4.61. The van der Waals surface area contributed by atoms with E-state index in [1.54, 1.807) is 19.1 Å². The molecule has 6 nitrogen and oxygen atoms in total. The summed E-state index contributed by atoms with van der Waals surface area (Å²) in [5.41, 5.74) is 0.795. The van der Waals surface area contributed by atoms with E-state index in [4.69, 9.17) is 0 Å². The molecule has 0 bridgehead atoms. The second-order valence-electron chi connectivity index (χ2n) is 3.73. The summed E-state index contributed by atoms with van der Waals surface area (Å²) in [5, 5.41) is 11.9. The van der Waals surface area contributed by atoms with Crippen LogP contribution in [-0.4, -0.2) is 38.8 Å². The molecule has 0 heterocycles. The second kappa shape index (κ2) is 5.83. The molecule has 1 aromatic rings. The Hall–Kier alpha value is -1.60. The number of aromatic hydroxyl groups is 1. The molecule has 1 amide bonds. The van der Waals surface area contributed by atoms with Gasteiger partial charge in [-0.15, -0.1) is 0 Å². The van der Waals surface area contributed by atoms with Crippen LogP contribution in [0.25, 0.3) is 0 Å². The molecule has 0 aliphatic rings. The van der Waals surface area contributed by atoms with E-state index < -0.39 is 15.9 Å². The van der Waals surface area contributed by atoms with Crippen LogP contribution >= 0.6 is 0 Å². The van der Waals surface area contributed by atoms with E-state index in [0.717, 1.165) is 0 Å². The molecule has 1 rings (SSSR count). The highest BCUT2D eigenvalue weighted by atomic mass is 32.2. The van der Waals surface area contributed by atoms with Crippen molar-refractivity contribution in [2.75, 3.05) is 19.3 Å². The molecule has 0 saturated heterocycles. The average Bonchev–Trinajstić information content (AvgIpc) is 2.32. The molecule has 0 aromatic heterocycles. The Morgan fingerprint density at radius 3 is 2.67 bits per heavy atom. The van der Waals surface area contributed by atoms with Gasteiger partial charge in [0.2, 0.25) is 10.0 Å². The van der Waals surface area contributed by atoms with Crippen LogP contribution < -0.4 is 10.0 Å². The Labute approximate surface area is 106 Å². The van der Waals surface area contributed by atoms with Gasteiger partial charge in [0.15, 0.2) is 0 Å². The minimum atomic E-state index is -3.33. The van der Waals surface area contributed by atoms with Crippen LogP contribution in [0.5, 0.6) is 5.75 Å². The van der Waals surface area contributed by atoms with Crippen molar-refractivity contribution in [3.8, 4) is 5.75 Å². The van der Waals surface area contributed by atoms with Gasteiger partial charge in [0.25, 0.3) is 5.91 Å². The highest BCUT2D eigenvalue weighted by Gasteiger charge is 2.12. The predicted molar refractivity (Wildman–Crippen MR) is 68.0 cm³/mol. The monoisotopic (exact) mass is 272 g/mol. The Bertz CT molecular complexity index is 540. The summed E-state index contributed by atoms with van der Waals surface area (Å²) < 4.78 is 24.4. The molecule has 18 heavy (non-hydrogen) atoms. The number of rotatable bonds is 5. The summed E-state index contributed by atoms with van der Waals surface area (Å²) in [6.07, 6.45) is 0. The lowest BCUT2D eigenvalue weighted by atomic mass is 10.1. The van der Waals surface area contributed by atoms with Gasteiger partial charge in [-0.05, 0) is 26.1 Å². The first-order valence-corrected chi connectivity index (χ1v) is 7.00. The van der Waals surface area contributed by atoms with Crippen LogP contribution in [0.2, 0.25) is 0 Å². The Morgan fingerprint density at radius 1 is 1.39 bits per heavy atom. The molecule has 0 atom stereocenters. The first-order valence-electron chi connectivity index (χ1n) is 5.35. The number of sulfonamides is 1. The van der Waals surface area contributed by atoms with Gasteiger partial charge in [0.05, 0.1) is 5.75 Å². The van der Waals surface area contributed by atoms with E-state index in [1.165, 1.54) is 13.1 Å². The van der Waals surface area contributed by atoms with Gasteiger partial charge in [-0.2, -0.15) is 0 Å². The Morgan fingerprint density at radius 2 is 2.06 bits per heavy atom. The van der Waals surface area contributed by atoms with E-state index in [2.05, 4.69) is 10.0 Å². The number of hydrogen-bond acceptors (Lipinski definition) is 4. The van der Waals surface area contributed by atoms with Gasteiger partial charge < -0.3 is 10.4 Å². The average molecular weight is 272 g/mol. The van der Waals surface area contributed by atoms with E-state index >= 15 is 0 Å². The van der Waals surface area contributed by atoms with Gasteiger partial charge in [-0.1, -0.05) is 6.07 Å². The van der Waals surface area contributed by atoms with Gasteiger partial charge >= 0.3 is 0 Å². The van der Waals surface area contributed by atoms with Crippen molar-refractivity contribution < 1.29 is 18.3 Å². The highest BCUT2D eigenvalue weighted by Crippen LogP contribution is 2.19. The van der Waals surface area contributed by atoms with Crippen molar-refractivity contribution in [1.82, 2.24) is 10.0 Å². The van der Waals surface area contributed by atoms with Crippen molar-refractivity contribution >= 4 is 15.9 Å². The summed E-state index contributed by atoms with van der Waals surface area (Å²) in [6.45, 7) is 1.63. The number of amides is 1. The third-order valence-electron chi connectivity index (χ3n) is 2.52. The first kappa shape index (κ1) is 14.5. The third-order valence-corrected chi connectivity index (χ3v) is 3.88. The van der Waals surface area contributed by atoms with Crippen LogP contribution in [0.15, 0.2) is 18.2 Å². The maximum atomic E-state index is 11.8. The molecular weight excluding hydrogens is 256 g/mol. The van der Waals surface area contributed by atoms with Crippen LogP contribution in [-0.2, 0) is 10.0 Å². The van der Waals surface area contributed by atoms with E-state index in [9.17, 15) is 18.3 Å². The van der Waals surface area contributed by atoms with E-state index in [1.807, 2.05) is 0 Å². The summed E-state index contributed by atoms with van der Waals surface area (Å²) >= 11 is 0. The van der Waals surface area contributed by atoms with Crippen LogP contribution in [0.4, 0.5) is 0 Å². The number of carbonyl (C=O) groups is 1. The lowest BCUT2D eigenvalue weighted by Crippen LogP contribution is -2.33. The smallest absolute Gasteiger partial charge is 0.251 e. The lowest BCUT2D eigenvalue weighted by Gasteiger charge is -2.08. The molecule has 0 fully saturated rings. The number of phenolic OH excluding ortho intramolecular Hbond substituents is 1. The summed E-state index contributed by atoms with van der Waals surface area (Å²) in [7, 11) is -2.01. The zero-order valence-electron chi connectivity index (χ0n) is 10.2. The van der Waals surface area contributed by atoms with Gasteiger partial charge in [0.1, 0.15) is 5.75 Å². The molecule has 100 valence electrons. The number of hydrogen-bond donors (Lipinski definition) is 3. The molecule has 0 aliphatic heterocycles. The van der Waals surface area contributed by atoms with Crippen molar-refractivity contribution in [2.24, 2.45) is 0 Å². The summed E-state index contributed by atoms with van der Waals surface area (Å²) in [5.74, 6) is -0.562. The Balaban J connectivity index is 2.64. The normalized spacial score (nSPS) is 11.2. The van der Waals surface area contributed by atoms with Crippen LogP contribution in [0, 0.1) is 6.92 Å². The fraction of sp³-hybridized carbons (Fsp3) is 0.364. The van der Waals surface area contributed by atoms with Gasteiger partial charge in [-0.25, -0.2) is 13.1 Å². The number of benzene rings is 1. The second-order valence-corrected chi connectivity index (χ2v) is 5.77. The number of carbonyl (C=O) groups excluding carboxylic acids is 1. The van der Waals surface area contributed by atoms with E-state index in [0.29, 0.717) is 11.1 Å². The molecule has 0 radical (unpaired) electrons. The number of phenols is 1. The fourth-order valence-corrected chi connectivity index (χ4v) is 1.94. The predicted octanol–water partition coefficient (Wildman–Crippen LogP) is -0.0204. The molecule has 1 aromatic carbocycles. The van der Waals surface area contributed by atoms with Crippen LogP contribution in [0.1, 0.15) is 15.9 Å². The SMILES string of the molecule is CNS(=O)(=O)CCNC(=O)c1cccc(O)c1C. The molecular formula is C11H16N2O4S. The fourth-order valence-electron chi connectivity index (χ4n) is 1.37. The minimum Gasteiger partial charge on any atom is -0.508 e. The largest absolute Gasteiger partial charge is 0.508 e. The molecule has 3 N–H and O–H groups in total. The van der Waals surface area contributed by atoms with Crippen LogP contribution in [0.3, 0.4) is 0 Å². The molecule has 0 aliphatic carbocycles. The lowest BCUT2D eigenvalue weighted by molar-refractivity contribution is 0.0955. The molecule has 7 heteroatoms. The zero-order valence-corrected chi connectivity index (χ0v) is 11.0. The standard InChI is InChI=1S/C11H16N2O4S/c1-8-9(4-3-5-10(8)14)11(15)13-6-7-18(16,17)12-2/h3-5,12,14H,6-7H2,1-2H3,(H,13,15). The van der Waals surface area contributed by atoms with Gasteiger partial charge in [-0.3, -0.25) is 4.79 Å². The topological polar surface area (TPSA) is 95.5 Å². The van der Waals surface area contributed by atoms with Crippen molar-refractivity contribution in [3.63, 3.8) is 0 Å². The molecule has 0 saturated carbocycles.